The number of hydrogen-bond donors (Lipinski definition) is 2. The summed E-state index contributed by atoms with van der Waals surface area (Å²) in [7, 11) is 0. The smallest absolute Gasteiger partial charge is 0.172 e. The molecular formula is C18H22O4. The zero-order valence-electron chi connectivity index (χ0n) is 13.3. The summed E-state index contributed by atoms with van der Waals surface area (Å²) in [6.07, 6.45) is 0.108. The maximum absolute atomic E-state index is 10.0. The lowest BCUT2D eigenvalue weighted by atomic mass is 10.0. The Morgan fingerprint density at radius 2 is 1.41 bits per heavy atom. The van der Waals surface area contributed by atoms with Crippen molar-refractivity contribution in [3.8, 4) is 28.7 Å². The highest BCUT2D eigenvalue weighted by Crippen LogP contribution is 2.39. The summed E-state index contributed by atoms with van der Waals surface area (Å²) in [6, 6.07) is 10.1. The van der Waals surface area contributed by atoms with Crippen LogP contribution in [0, 0.1) is 0 Å². The molecule has 0 aliphatic carbocycles. The number of phenols is 2. The third-order valence-electron chi connectivity index (χ3n) is 3.15. The number of rotatable bonds is 5. The molecule has 2 N–H and O–H groups in total. The van der Waals surface area contributed by atoms with Gasteiger partial charge in [0.1, 0.15) is 17.2 Å². The predicted molar refractivity (Wildman–Crippen MR) is 86.1 cm³/mol. The van der Waals surface area contributed by atoms with Crippen LogP contribution in [0.1, 0.15) is 39.2 Å². The van der Waals surface area contributed by atoms with Gasteiger partial charge in [0, 0.05) is 11.6 Å². The van der Waals surface area contributed by atoms with E-state index in [0.29, 0.717) is 11.3 Å². The van der Waals surface area contributed by atoms with E-state index in [4.69, 9.17) is 9.47 Å². The minimum absolute atomic E-state index is 0.00371. The monoisotopic (exact) mass is 302 g/mol. The van der Waals surface area contributed by atoms with Crippen LogP contribution in [0.5, 0.6) is 28.7 Å². The Balaban J connectivity index is 2.18. The van der Waals surface area contributed by atoms with Crippen LogP contribution in [0.2, 0.25) is 0 Å². The molecule has 0 spiro atoms. The maximum atomic E-state index is 10.0. The Morgan fingerprint density at radius 1 is 0.818 bits per heavy atom. The first-order valence-electron chi connectivity index (χ1n) is 7.37. The number of ether oxygens (including phenoxy) is 2. The summed E-state index contributed by atoms with van der Waals surface area (Å²) in [6.45, 7) is 7.81. The molecular weight excluding hydrogens is 280 g/mol. The second-order valence-corrected chi connectivity index (χ2v) is 5.77. The highest BCUT2D eigenvalue weighted by Gasteiger charge is 2.13. The average molecular weight is 302 g/mol. The van der Waals surface area contributed by atoms with Gasteiger partial charge in [0.2, 0.25) is 0 Å². The van der Waals surface area contributed by atoms with Gasteiger partial charge in [0.05, 0.1) is 6.10 Å². The lowest BCUT2D eigenvalue weighted by Crippen LogP contribution is -2.05. The quantitative estimate of drug-likeness (QED) is 0.779. The lowest BCUT2D eigenvalue weighted by molar-refractivity contribution is 0.242. The Labute approximate surface area is 130 Å². The largest absolute Gasteiger partial charge is 0.508 e. The van der Waals surface area contributed by atoms with Crippen LogP contribution in [0.15, 0.2) is 36.4 Å². The predicted octanol–water partition coefficient (Wildman–Crippen LogP) is 4.80. The first-order chi connectivity index (χ1) is 10.4. The van der Waals surface area contributed by atoms with Crippen LogP contribution in [0.3, 0.4) is 0 Å². The van der Waals surface area contributed by atoms with Gasteiger partial charge < -0.3 is 19.7 Å². The van der Waals surface area contributed by atoms with E-state index in [1.54, 1.807) is 24.3 Å². The second kappa shape index (κ2) is 6.60. The van der Waals surface area contributed by atoms with Crippen molar-refractivity contribution < 1.29 is 19.7 Å². The minimum Gasteiger partial charge on any atom is -0.508 e. The van der Waals surface area contributed by atoms with Crippen molar-refractivity contribution in [2.75, 3.05) is 0 Å². The Kier molecular flexibility index (Phi) is 4.81. The molecule has 0 atom stereocenters. The van der Waals surface area contributed by atoms with E-state index >= 15 is 0 Å². The Hall–Kier alpha value is -2.36. The Bertz CT molecular complexity index is 630. The van der Waals surface area contributed by atoms with Crippen LogP contribution in [-0.2, 0) is 0 Å². The van der Waals surface area contributed by atoms with Gasteiger partial charge in [-0.3, -0.25) is 0 Å². The summed E-state index contributed by atoms with van der Waals surface area (Å²) in [5, 5.41) is 20.0. The molecule has 2 rings (SSSR count). The minimum atomic E-state index is 0.00371. The van der Waals surface area contributed by atoms with E-state index in [9.17, 15) is 10.2 Å². The molecule has 0 radical (unpaired) electrons. The van der Waals surface area contributed by atoms with Crippen molar-refractivity contribution >= 4 is 0 Å². The molecule has 0 heterocycles. The van der Waals surface area contributed by atoms with E-state index in [-0.39, 0.29) is 29.3 Å². The summed E-state index contributed by atoms with van der Waals surface area (Å²) in [5.41, 5.74) is 0.686. The summed E-state index contributed by atoms with van der Waals surface area (Å²) in [4.78, 5) is 0. The fourth-order valence-electron chi connectivity index (χ4n) is 2.10. The highest BCUT2D eigenvalue weighted by atomic mass is 16.5. The van der Waals surface area contributed by atoms with Crippen LogP contribution in [-0.4, -0.2) is 16.3 Å². The standard InChI is InChI=1S/C18H22O4/c1-11(2)15-9-17(20)18(10-16(15)19)22-14-7-5-13(6-8-14)21-12(3)4/h5-12,19-20H,1-4H3. The molecule has 0 amide bonds. The van der Waals surface area contributed by atoms with Gasteiger partial charge >= 0.3 is 0 Å². The van der Waals surface area contributed by atoms with Crippen molar-refractivity contribution in [1.82, 2.24) is 0 Å². The lowest BCUT2D eigenvalue weighted by Gasteiger charge is -2.14. The third kappa shape index (κ3) is 3.85. The van der Waals surface area contributed by atoms with Crippen molar-refractivity contribution in [3.63, 3.8) is 0 Å². The molecule has 22 heavy (non-hydrogen) atoms. The van der Waals surface area contributed by atoms with Crippen LogP contribution < -0.4 is 9.47 Å². The average Bonchev–Trinajstić information content (AvgIpc) is 2.43. The first kappa shape index (κ1) is 16.0. The SMILES string of the molecule is CC(C)Oc1ccc(Oc2cc(O)c(C(C)C)cc2O)cc1. The molecule has 0 aliphatic rings. The molecule has 2 aromatic carbocycles. The van der Waals surface area contributed by atoms with Gasteiger partial charge in [-0.05, 0) is 50.1 Å². The summed E-state index contributed by atoms with van der Waals surface area (Å²) >= 11 is 0. The van der Waals surface area contributed by atoms with E-state index in [0.717, 1.165) is 5.75 Å². The molecule has 118 valence electrons. The van der Waals surface area contributed by atoms with Gasteiger partial charge in [-0.1, -0.05) is 13.8 Å². The van der Waals surface area contributed by atoms with E-state index in [2.05, 4.69) is 0 Å². The van der Waals surface area contributed by atoms with E-state index in [1.807, 2.05) is 27.7 Å². The van der Waals surface area contributed by atoms with Crippen molar-refractivity contribution in [1.29, 1.82) is 0 Å². The Morgan fingerprint density at radius 3 is 1.95 bits per heavy atom. The van der Waals surface area contributed by atoms with Crippen LogP contribution >= 0.6 is 0 Å². The van der Waals surface area contributed by atoms with Gasteiger partial charge in [0.15, 0.2) is 11.5 Å². The number of aromatic hydroxyl groups is 2. The summed E-state index contributed by atoms with van der Waals surface area (Å²) < 4.78 is 11.2. The molecule has 0 fully saturated rings. The van der Waals surface area contributed by atoms with E-state index < -0.39 is 0 Å². The molecule has 4 heteroatoms. The van der Waals surface area contributed by atoms with Gasteiger partial charge in [-0.25, -0.2) is 0 Å². The summed E-state index contributed by atoms with van der Waals surface area (Å²) in [5.74, 6) is 1.77. The molecule has 0 unspecified atom stereocenters. The third-order valence-corrected chi connectivity index (χ3v) is 3.15. The fourth-order valence-corrected chi connectivity index (χ4v) is 2.10. The zero-order chi connectivity index (χ0) is 16.3. The van der Waals surface area contributed by atoms with E-state index in [1.165, 1.54) is 12.1 Å². The van der Waals surface area contributed by atoms with Gasteiger partial charge in [-0.15, -0.1) is 0 Å². The maximum Gasteiger partial charge on any atom is 0.172 e. The second-order valence-electron chi connectivity index (χ2n) is 5.77. The topological polar surface area (TPSA) is 58.9 Å². The molecule has 0 aromatic heterocycles. The van der Waals surface area contributed by atoms with Crippen molar-refractivity contribution in [3.05, 3.63) is 42.0 Å². The first-order valence-corrected chi connectivity index (χ1v) is 7.37. The van der Waals surface area contributed by atoms with Crippen molar-refractivity contribution in [2.45, 2.75) is 39.7 Å². The molecule has 0 saturated carbocycles. The normalized spacial score (nSPS) is 11.0. The number of benzene rings is 2. The zero-order valence-corrected chi connectivity index (χ0v) is 13.3. The molecule has 2 aromatic rings. The molecule has 0 saturated heterocycles. The van der Waals surface area contributed by atoms with Crippen molar-refractivity contribution in [2.24, 2.45) is 0 Å². The fraction of sp³-hybridized carbons (Fsp3) is 0.333. The molecule has 0 bridgehead atoms. The molecule has 4 nitrogen and oxygen atoms in total. The van der Waals surface area contributed by atoms with Crippen LogP contribution in [0.4, 0.5) is 0 Å². The highest BCUT2D eigenvalue weighted by molar-refractivity contribution is 5.52. The van der Waals surface area contributed by atoms with Gasteiger partial charge in [0.25, 0.3) is 0 Å². The van der Waals surface area contributed by atoms with Gasteiger partial charge in [-0.2, -0.15) is 0 Å². The van der Waals surface area contributed by atoms with Crippen LogP contribution in [0.25, 0.3) is 0 Å². The molecule has 0 aliphatic heterocycles. The number of phenolic OH excluding ortho intramolecular Hbond substituents is 2. The number of hydrogen-bond acceptors (Lipinski definition) is 4.